The maximum Gasteiger partial charge on any atom is 0.234 e. The summed E-state index contributed by atoms with van der Waals surface area (Å²) in [5.41, 5.74) is 0.189. The maximum atomic E-state index is 12.3. The first-order chi connectivity index (χ1) is 9.77. The molecule has 0 aromatic carbocycles. The topological polar surface area (TPSA) is 44.4 Å². The summed E-state index contributed by atoms with van der Waals surface area (Å²) in [6, 6.07) is 0. The molecule has 2 aliphatic carbocycles. The van der Waals surface area contributed by atoms with Crippen LogP contribution in [0.5, 0.6) is 0 Å². The van der Waals surface area contributed by atoms with Crippen molar-refractivity contribution in [3.05, 3.63) is 0 Å². The van der Waals surface area contributed by atoms with Gasteiger partial charge in [0.25, 0.3) is 0 Å². The standard InChI is InChI=1S/C17H33N3O/c1-16(2)13-7-8-14(11-13)17(16,3)19-15(21)12-18-9-6-10-20(4)5/h13-14,18H,6-12H2,1-5H3,(H,19,21)/t13-,14-,17-/m1/s1. The minimum absolute atomic E-state index is 0.0294. The molecule has 4 nitrogen and oxygen atoms in total. The Balaban J connectivity index is 1.77. The summed E-state index contributed by atoms with van der Waals surface area (Å²) >= 11 is 0. The predicted octanol–water partition coefficient (Wildman–Crippen LogP) is 1.86. The summed E-state index contributed by atoms with van der Waals surface area (Å²) in [5, 5.41) is 6.63. The lowest BCUT2D eigenvalue weighted by Crippen LogP contribution is -2.60. The van der Waals surface area contributed by atoms with Crippen molar-refractivity contribution in [2.45, 2.75) is 52.0 Å². The summed E-state index contributed by atoms with van der Waals surface area (Å²) < 4.78 is 0. The van der Waals surface area contributed by atoms with Gasteiger partial charge in [-0.25, -0.2) is 0 Å². The van der Waals surface area contributed by atoms with Gasteiger partial charge in [0.1, 0.15) is 0 Å². The highest BCUT2D eigenvalue weighted by Gasteiger charge is 2.60. The first kappa shape index (κ1) is 16.8. The van der Waals surface area contributed by atoms with E-state index in [0.29, 0.717) is 12.5 Å². The van der Waals surface area contributed by atoms with Crippen LogP contribution < -0.4 is 10.6 Å². The number of nitrogens with one attached hydrogen (secondary N) is 2. The molecule has 21 heavy (non-hydrogen) atoms. The number of amides is 1. The van der Waals surface area contributed by atoms with Crippen molar-refractivity contribution < 1.29 is 4.79 Å². The number of fused-ring (bicyclic) bond motifs is 2. The van der Waals surface area contributed by atoms with Crippen LogP contribution in [0.15, 0.2) is 0 Å². The lowest BCUT2D eigenvalue weighted by molar-refractivity contribution is -0.124. The van der Waals surface area contributed by atoms with Crippen LogP contribution in [0.4, 0.5) is 0 Å². The highest BCUT2D eigenvalue weighted by Crippen LogP contribution is 2.61. The van der Waals surface area contributed by atoms with Crippen LogP contribution in [0.1, 0.15) is 46.5 Å². The fourth-order valence-corrected chi connectivity index (χ4v) is 4.43. The summed E-state index contributed by atoms with van der Waals surface area (Å²) in [7, 11) is 4.15. The molecule has 0 saturated heterocycles. The minimum Gasteiger partial charge on any atom is -0.349 e. The van der Waals surface area contributed by atoms with Gasteiger partial charge in [-0.1, -0.05) is 13.8 Å². The van der Waals surface area contributed by atoms with E-state index in [4.69, 9.17) is 0 Å². The number of carbonyl (C=O) groups is 1. The molecular formula is C17H33N3O. The van der Waals surface area contributed by atoms with Crippen LogP contribution in [0.3, 0.4) is 0 Å². The molecule has 2 aliphatic rings. The van der Waals surface area contributed by atoms with E-state index in [-0.39, 0.29) is 16.9 Å². The third-order valence-corrected chi connectivity index (χ3v) is 6.25. The van der Waals surface area contributed by atoms with Gasteiger partial charge in [-0.15, -0.1) is 0 Å². The van der Waals surface area contributed by atoms with Crippen LogP contribution >= 0.6 is 0 Å². The van der Waals surface area contributed by atoms with Crippen LogP contribution in [-0.2, 0) is 4.79 Å². The molecule has 2 bridgehead atoms. The number of hydrogen-bond acceptors (Lipinski definition) is 3. The Bertz CT molecular complexity index is 380. The highest BCUT2D eigenvalue weighted by molar-refractivity contribution is 5.79. The van der Waals surface area contributed by atoms with Gasteiger partial charge in [-0.2, -0.15) is 0 Å². The molecule has 2 fully saturated rings. The Hall–Kier alpha value is -0.610. The second kappa shape index (κ2) is 6.25. The third-order valence-electron chi connectivity index (χ3n) is 6.25. The third kappa shape index (κ3) is 3.26. The van der Waals surface area contributed by atoms with Gasteiger partial charge in [0.2, 0.25) is 5.91 Å². The number of carbonyl (C=O) groups excluding carboxylic acids is 1. The molecule has 4 heteroatoms. The largest absolute Gasteiger partial charge is 0.349 e. The van der Waals surface area contributed by atoms with E-state index in [1.165, 1.54) is 19.3 Å². The first-order valence-corrected chi connectivity index (χ1v) is 8.44. The molecule has 0 spiro atoms. The molecule has 122 valence electrons. The van der Waals surface area contributed by atoms with Gasteiger partial charge in [0.15, 0.2) is 0 Å². The fourth-order valence-electron chi connectivity index (χ4n) is 4.43. The number of hydrogen-bond donors (Lipinski definition) is 2. The zero-order chi connectivity index (χ0) is 15.7. The van der Waals surface area contributed by atoms with Crippen molar-refractivity contribution >= 4 is 5.91 Å². The second-order valence-corrected chi connectivity index (χ2v) is 8.01. The predicted molar refractivity (Wildman–Crippen MR) is 87.2 cm³/mol. The average molecular weight is 295 g/mol. The van der Waals surface area contributed by atoms with Crippen molar-refractivity contribution in [1.29, 1.82) is 0 Å². The van der Waals surface area contributed by atoms with Crippen molar-refractivity contribution in [2.75, 3.05) is 33.7 Å². The van der Waals surface area contributed by atoms with Crippen molar-refractivity contribution in [1.82, 2.24) is 15.5 Å². The molecule has 0 unspecified atom stereocenters. The Kier molecular flexibility index (Phi) is 4.99. The Morgan fingerprint density at radius 3 is 2.43 bits per heavy atom. The Morgan fingerprint density at radius 2 is 1.86 bits per heavy atom. The summed E-state index contributed by atoms with van der Waals surface area (Å²) in [6.45, 7) is 9.33. The fraction of sp³-hybridized carbons (Fsp3) is 0.941. The van der Waals surface area contributed by atoms with Crippen molar-refractivity contribution in [3.8, 4) is 0 Å². The van der Waals surface area contributed by atoms with Gasteiger partial charge in [-0.3, -0.25) is 4.79 Å². The van der Waals surface area contributed by atoms with E-state index < -0.39 is 0 Å². The smallest absolute Gasteiger partial charge is 0.234 e. The van der Waals surface area contributed by atoms with Crippen LogP contribution in [0.2, 0.25) is 0 Å². The zero-order valence-electron chi connectivity index (χ0n) is 14.5. The van der Waals surface area contributed by atoms with Crippen LogP contribution in [-0.4, -0.2) is 50.1 Å². The number of rotatable bonds is 7. The summed E-state index contributed by atoms with van der Waals surface area (Å²) in [6.07, 6.45) is 4.99. The Labute approximate surface area is 130 Å². The second-order valence-electron chi connectivity index (χ2n) is 8.01. The molecular weight excluding hydrogens is 262 g/mol. The summed E-state index contributed by atoms with van der Waals surface area (Å²) in [5.74, 6) is 1.60. The van der Waals surface area contributed by atoms with Crippen LogP contribution in [0.25, 0.3) is 0 Å². The van der Waals surface area contributed by atoms with E-state index in [1.807, 2.05) is 0 Å². The average Bonchev–Trinajstić information content (AvgIpc) is 2.92. The summed E-state index contributed by atoms with van der Waals surface area (Å²) in [4.78, 5) is 14.4. The van der Waals surface area contributed by atoms with E-state index >= 15 is 0 Å². The molecule has 3 atom stereocenters. The monoisotopic (exact) mass is 295 g/mol. The quantitative estimate of drug-likeness (QED) is 0.705. The molecule has 0 heterocycles. The Morgan fingerprint density at radius 1 is 1.19 bits per heavy atom. The molecule has 1 amide bonds. The van der Waals surface area contributed by atoms with E-state index in [0.717, 1.165) is 25.4 Å². The van der Waals surface area contributed by atoms with E-state index in [1.54, 1.807) is 0 Å². The maximum absolute atomic E-state index is 12.3. The van der Waals surface area contributed by atoms with Gasteiger partial charge in [0, 0.05) is 5.54 Å². The van der Waals surface area contributed by atoms with Crippen molar-refractivity contribution in [2.24, 2.45) is 17.3 Å². The zero-order valence-corrected chi connectivity index (χ0v) is 14.5. The van der Waals surface area contributed by atoms with E-state index in [9.17, 15) is 4.79 Å². The molecule has 0 radical (unpaired) electrons. The van der Waals surface area contributed by atoms with E-state index in [2.05, 4.69) is 50.4 Å². The highest BCUT2D eigenvalue weighted by atomic mass is 16.2. The molecule has 2 rings (SSSR count). The molecule has 2 N–H and O–H groups in total. The van der Waals surface area contributed by atoms with Crippen molar-refractivity contribution in [3.63, 3.8) is 0 Å². The van der Waals surface area contributed by atoms with Crippen LogP contribution in [0, 0.1) is 17.3 Å². The SMILES string of the molecule is CN(C)CCCNCC(=O)N[C@]1(C)[C@@H]2CC[C@H](C2)C1(C)C. The molecule has 0 aliphatic heterocycles. The van der Waals surface area contributed by atoms with Gasteiger partial charge in [-0.05, 0) is 77.0 Å². The van der Waals surface area contributed by atoms with Gasteiger partial charge < -0.3 is 15.5 Å². The first-order valence-electron chi connectivity index (χ1n) is 8.44. The minimum atomic E-state index is -0.0294. The number of nitrogens with zero attached hydrogens (tertiary/aromatic N) is 1. The van der Waals surface area contributed by atoms with Gasteiger partial charge >= 0.3 is 0 Å². The normalized spacial score (nSPS) is 33.6. The van der Waals surface area contributed by atoms with Gasteiger partial charge in [0.05, 0.1) is 6.54 Å². The molecule has 0 aromatic rings. The lowest BCUT2D eigenvalue weighted by atomic mass is 9.64. The lowest BCUT2D eigenvalue weighted by Gasteiger charge is -2.48. The molecule has 2 saturated carbocycles. The molecule has 0 aromatic heterocycles.